The van der Waals surface area contributed by atoms with Gasteiger partial charge in [0, 0.05) is 17.1 Å². The second-order valence-electron chi connectivity index (χ2n) is 11.1. The number of nitriles is 1. The zero-order valence-corrected chi connectivity index (χ0v) is 25.6. The molecule has 10 heteroatoms. The average molecular weight is 604 g/mol. The number of ether oxygens (including phenoxy) is 5. The maximum absolute atomic E-state index is 13.2. The van der Waals surface area contributed by atoms with Crippen molar-refractivity contribution < 1.29 is 28.5 Å². The van der Waals surface area contributed by atoms with Crippen molar-refractivity contribution in [3.8, 4) is 29.1 Å². The van der Waals surface area contributed by atoms with E-state index in [9.17, 15) is 10.1 Å². The SMILES string of the molecule is COc1cc2c(cc1OC)[C@@H]1[C@@H]3Cc4cc(OC)c(OC)cc4[C@H](COC(=O)c4cccc(Cl)c4)N3[C@@H](C#N)[C@H](C2)N1C. The van der Waals surface area contributed by atoms with Crippen LogP contribution in [-0.2, 0) is 17.6 Å². The summed E-state index contributed by atoms with van der Waals surface area (Å²) >= 11 is 6.15. The van der Waals surface area contributed by atoms with Crippen LogP contribution in [0.25, 0.3) is 0 Å². The molecule has 0 unspecified atom stereocenters. The van der Waals surface area contributed by atoms with Gasteiger partial charge in [0.05, 0.1) is 52.2 Å². The van der Waals surface area contributed by atoms with Crippen LogP contribution in [0.2, 0.25) is 5.02 Å². The lowest BCUT2D eigenvalue weighted by molar-refractivity contribution is -0.0832. The summed E-state index contributed by atoms with van der Waals surface area (Å²) in [6.07, 6.45) is 1.32. The van der Waals surface area contributed by atoms with Crippen LogP contribution in [0.3, 0.4) is 0 Å². The molecule has 3 aromatic rings. The number of carbonyl (C=O) groups excluding carboxylic acids is 1. The first-order chi connectivity index (χ1) is 20.8. The molecule has 6 rings (SSSR count). The van der Waals surface area contributed by atoms with E-state index in [-0.39, 0.29) is 24.7 Å². The molecule has 2 bridgehead atoms. The Morgan fingerprint density at radius 2 is 1.47 bits per heavy atom. The first-order valence-electron chi connectivity index (χ1n) is 14.1. The molecule has 43 heavy (non-hydrogen) atoms. The van der Waals surface area contributed by atoms with Gasteiger partial charge in [0.25, 0.3) is 0 Å². The number of hydrogen-bond donors (Lipinski definition) is 0. The van der Waals surface area contributed by atoms with Crippen LogP contribution in [0.1, 0.15) is 44.7 Å². The second-order valence-corrected chi connectivity index (χ2v) is 11.5. The molecule has 9 nitrogen and oxygen atoms in total. The molecule has 0 aliphatic carbocycles. The third-order valence-corrected chi connectivity index (χ3v) is 9.38. The van der Waals surface area contributed by atoms with Crippen molar-refractivity contribution >= 4 is 17.6 Å². The van der Waals surface area contributed by atoms with Crippen molar-refractivity contribution in [3.63, 3.8) is 0 Å². The summed E-state index contributed by atoms with van der Waals surface area (Å²) < 4.78 is 28.6. The van der Waals surface area contributed by atoms with Crippen molar-refractivity contribution in [2.24, 2.45) is 0 Å². The standard InChI is InChI=1S/C33H34ClN3O6/c1-36-24-10-20-13-29(40-3)31(42-5)15-23(20)32(36)25-11-19-12-28(39-2)30(41-4)14-22(19)27(37(25)26(24)16-35)17-43-33(38)18-7-6-8-21(34)9-18/h6-9,12-15,24-27,32H,10-11,17H2,1-5H3/t24-,25-,26-,27-,32+/m0/s1. The fraction of sp³-hybridized carbons (Fsp3) is 0.394. The van der Waals surface area contributed by atoms with E-state index in [1.54, 1.807) is 52.7 Å². The maximum atomic E-state index is 13.2. The molecule has 224 valence electrons. The molecule has 3 heterocycles. The number of piperazine rings is 1. The van der Waals surface area contributed by atoms with E-state index in [1.807, 2.05) is 18.2 Å². The highest BCUT2D eigenvalue weighted by molar-refractivity contribution is 6.30. The van der Waals surface area contributed by atoms with Gasteiger partial charge in [-0.1, -0.05) is 17.7 Å². The smallest absolute Gasteiger partial charge is 0.338 e. The first-order valence-corrected chi connectivity index (χ1v) is 14.5. The first kappa shape index (κ1) is 29.1. The summed E-state index contributed by atoms with van der Waals surface area (Å²) in [7, 11) is 8.58. The van der Waals surface area contributed by atoms with E-state index < -0.39 is 18.1 Å². The minimum Gasteiger partial charge on any atom is -0.493 e. The number of hydrogen-bond acceptors (Lipinski definition) is 9. The van der Waals surface area contributed by atoms with Crippen molar-refractivity contribution in [1.82, 2.24) is 9.80 Å². The van der Waals surface area contributed by atoms with Gasteiger partial charge in [0.2, 0.25) is 0 Å². The van der Waals surface area contributed by atoms with E-state index in [4.69, 9.17) is 35.3 Å². The van der Waals surface area contributed by atoms with Gasteiger partial charge in [-0.05, 0) is 84.6 Å². The molecule has 0 N–H and O–H groups in total. The molecule has 0 aromatic heterocycles. The van der Waals surface area contributed by atoms with Crippen molar-refractivity contribution in [2.45, 2.75) is 43.1 Å². The van der Waals surface area contributed by atoms with E-state index in [2.05, 4.69) is 29.0 Å². The zero-order chi connectivity index (χ0) is 30.4. The van der Waals surface area contributed by atoms with E-state index in [0.29, 0.717) is 46.4 Å². The molecule has 0 saturated carbocycles. The summed E-state index contributed by atoms with van der Waals surface area (Å²) in [5.74, 6) is 2.06. The minimum absolute atomic E-state index is 0.0461. The molecule has 1 fully saturated rings. The summed E-state index contributed by atoms with van der Waals surface area (Å²) in [4.78, 5) is 17.8. The van der Waals surface area contributed by atoms with E-state index >= 15 is 0 Å². The van der Waals surface area contributed by atoms with Crippen LogP contribution in [0.15, 0.2) is 48.5 Å². The summed E-state index contributed by atoms with van der Waals surface area (Å²) in [6.45, 7) is 0.0461. The predicted molar refractivity (Wildman–Crippen MR) is 160 cm³/mol. The van der Waals surface area contributed by atoms with Crippen LogP contribution in [-0.4, -0.2) is 76.0 Å². The summed E-state index contributed by atoms with van der Waals surface area (Å²) in [6, 6.07) is 16.3. The normalized spacial score (nSPS) is 24.1. The molecule has 3 aliphatic rings. The molecule has 5 atom stereocenters. The fourth-order valence-corrected chi connectivity index (χ4v) is 7.39. The predicted octanol–water partition coefficient (Wildman–Crippen LogP) is 5.00. The Morgan fingerprint density at radius 3 is 2.07 bits per heavy atom. The van der Waals surface area contributed by atoms with Crippen molar-refractivity contribution in [3.05, 3.63) is 81.4 Å². The Balaban J connectivity index is 1.47. The van der Waals surface area contributed by atoms with Gasteiger partial charge in [-0.2, -0.15) is 5.26 Å². The number of halogens is 1. The lowest BCUT2D eigenvalue weighted by Gasteiger charge is -2.59. The van der Waals surface area contributed by atoms with Crippen molar-refractivity contribution in [1.29, 1.82) is 5.26 Å². The van der Waals surface area contributed by atoms with Gasteiger partial charge in [-0.3, -0.25) is 9.80 Å². The Bertz CT molecular complexity index is 1610. The molecule has 0 radical (unpaired) electrons. The lowest BCUT2D eigenvalue weighted by atomic mass is 9.72. The topological polar surface area (TPSA) is 93.5 Å². The van der Waals surface area contributed by atoms with Crippen LogP contribution >= 0.6 is 11.6 Å². The minimum atomic E-state index is -0.475. The zero-order valence-electron chi connectivity index (χ0n) is 24.8. The molecule has 0 spiro atoms. The van der Waals surface area contributed by atoms with Gasteiger partial charge < -0.3 is 23.7 Å². The molecule has 1 saturated heterocycles. The fourth-order valence-electron chi connectivity index (χ4n) is 7.20. The van der Waals surface area contributed by atoms with Crippen molar-refractivity contribution in [2.75, 3.05) is 42.1 Å². The quantitative estimate of drug-likeness (QED) is 0.346. The number of benzene rings is 3. The second kappa shape index (κ2) is 11.6. The Hall–Kier alpha value is -3.97. The summed E-state index contributed by atoms with van der Waals surface area (Å²) in [5, 5.41) is 11.2. The van der Waals surface area contributed by atoms with Gasteiger partial charge in [-0.25, -0.2) is 4.79 Å². The highest BCUT2D eigenvalue weighted by Crippen LogP contribution is 2.52. The third-order valence-electron chi connectivity index (χ3n) is 9.15. The van der Waals surface area contributed by atoms with Crippen LogP contribution in [0.4, 0.5) is 0 Å². The molecule has 3 aromatic carbocycles. The van der Waals surface area contributed by atoms with Crippen LogP contribution < -0.4 is 18.9 Å². The maximum Gasteiger partial charge on any atom is 0.338 e. The Morgan fingerprint density at radius 1 is 0.884 bits per heavy atom. The highest BCUT2D eigenvalue weighted by Gasteiger charge is 2.54. The van der Waals surface area contributed by atoms with Gasteiger partial charge in [0.15, 0.2) is 23.0 Å². The van der Waals surface area contributed by atoms with Gasteiger partial charge >= 0.3 is 5.97 Å². The Kier molecular flexibility index (Phi) is 7.86. The number of rotatable bonds is 7. The molecular formula is C33H34ClN3O6. The number of fused-ring (bicyclic) bond motifs is 7. The number of esters is 1. The summed E-state index contributed by atoms with van der Waals surface area (Å²) in [5.41, 5.74) is 4.66. The lowest BCUT2D eigenvalue weighted by Crippen LogP contribution is -2.68. The number of nitrogens with zero attached hydrogens (tertiary/aromatic N) is 3. The molecule has 0 amide bonds. The number of carbonyl (C=O) groups is 1. The van der Waals surface area contributed by atoms with Crippen LogP contribution in [0, 0.1) is 11.3 Å². The van der Waals surface area contributed by atoms with Gasteiger partial charge in [-0.15, -0.1) is 0 Å². The van der Waals surface area contributed by atoms with E-state index in [0.717, 1.165) is 22.3 Å². The molecular weight excluding hydrogens is 570 g/mol. The average Bonchev–Trinajstić information content (AvgIpc) is 3.02. The van der Waals surface area contributed by atoms with Gasteiger partial charge in [0.1, 0.15) is 12.6 Å². The molecule has 3 aliphatic heterocycles. The largest absolute Gasteiger partial charge is 0.493 e. The van der Waals surface area contributed by atoms with Crippen LogP contribution in [0.5, 0.6) is 23.0 Å². The number of methoxy groups -OCH3 is 4. The monoisotopic (exact) mass is 603 g/mol. The Labute approximate surface area is 256 Å². The third kappa shape index (κ3) is 4.84. The number of likely N-dealkylation sites (N-methyl/N-ethyl adjacent to an activating group) is 1. The highest BCUT2D eigenvalue weighted by atomic mass is 35.5. The van der Waals surface area contributed by atoms with E-state index in [1.165, 1.54) is 0 Å².